The number of anilines is 4. The van der Waals surface area contributed by atoms with E-state index in [9.17, 15) is 55.9 Å². The normalized spacial score (nSPS) is 11.0. The van der Waals surface area contributed by atoms with Crippen LogP contribution in [0.3, 0.4) is 0 Å². The molecular formula is C106H86F4N18O16S2. The zero-order chi connectivity index (χ0) is 103. The molecule has 0 bridgehead atoms. The van der Waals surface area contributed by atoms with Gasteiger partial charge in [0.2, 0.25) is 0 Å². The van der Waals surface area contributed by atoms with Crippen molar-refractivity contribution in [3.8, 4) is 91.2 Å². The van der Waals surface area contributed by atoms with Gasteiger partial charge in [-0.3, -0.25) is 82.0 Å². The molecule has 12 aromatic heterocycles. The first kappa shape index (κ1) is 98.7. The Hall–Kier alpha value is -18.9. The number of pyridine rings is 6. The minimum Gasteiger partial charge on any atom is -0.497 e. The summed E-state index contributed by atoms with van der Waals surface area (Å²) in [5, 5.41) is 19.4. The first-order valence-corrected chi connectivity index (χ1v) is 46.2. The van der Waals surface area contributed by atoms with Crippen LogP contribution in [0.2, 0.25) is 0 Å². The maximum atomic E-state index is 15.0. The monoisotopic (exact) mass is 2010 g/mol. The molecule has 4 N–H and O–H groups in total. The van der Waals surface area contributed by atoms with Crippen LogP contribution in [0.4, 0.5) is 40.3 Å². The number of hydrogen-bond donors (Lipinski definition) is 4. The maximum Gasteiger partial charge on any atom is 0.285 e. The predicted molar refractivity (Wildman–Crippen MR) is 545 cm³/mol. The third-order valence-electron chi connectivity index (χ3n) is 23.6. The summed E-state index contributed by atoms with van der Waals surface area (Å²) in [6, 6.07) is 58.0. The van der Waals surface area contributed by atoms with Crippen molar-refractivity contribution >= 4 is 113 Å². The van der Waals surface area contributed by atoms with E-state index < -0.39 is 69.1 Å². The van der Waals surface area contributed by atoms with Crippen LogP contribution in [0.25, 0.3) is 65.8 Å². The van der Waals surface area contributed by atoms with Crippen LogP contribution in [0.5, 0.6) is 69.0 Å². The van der Waals surface area contributed by atoms with Crippen LogP contribution in [0.1, 0.15) is 64.2 Å². The first-order valence-electron chi connectivity index (χ1n) is 44.4. The number of fused-ring (bicyclic) bond motifs is 4. The van der Waals surface area contributed by atoms with E-state index in [1.165, 1.54) is 96.1 Å². The molecule has 736 valence electrons. The minimum atomic E-state index is -0.688. The smallest absolute Gasteiger partial charge is 0.285 e. The van der Waals surface area contributed by atoms with Gasteiger partial charge in [-0.15, -0.1) is 11.3 Å². The number of halogens is 4. The van der Waals surface area contributed by atoms with Gasteiger partial charge in [0.15, 0.2) is 52.1 Å². The van der Waals surface area contributed by atoms with Crippen LogP contribution in [0.15, 0.2) is 297 Å². The first-order chi connectivity index (χ1) is 70.5. The van der Waals surface area contributed by atoms with Crippen LogP contribution in [0, 0.1) is 51.0 Å². The maximum absolute atomic E-state index is 15.0. The summed E-state index contributed by atoms with van der Waals surface area (Å²) in [6.07, 6.45) is 10.9. The van der Waals surface area contributed by atoms with Gasteiger partial charge in [0.05, 0.1) is 90.9 Å². The molecule has 20 aromatic rings. The number of methoxy groups -OCH3 is 4. The highest BCUT2D eigenvalue weighted by Crippen LogP contribution is 2.40. The van der Waals surface area contributed by atoms with Crippen LogP contribution in [-0.2, 0) is 28.2 Å². The fourth-order valence-electron chi connectivity index (χ4n) is 15.9. The highest BCUT2D eigenvalue weighted by atomic mass is 32.1. The molecule has 8 aromatic carbocycles. The molecule has 4 amide bonds. The van der Waals surface area contributed by atoms with Gasteiger partial charge < -0.3 is 59.2 Å². The second-order valence-electron chi connectivity index (χ2n) is 32.3. The Balaban J connectivity index is 0.000000133. The molecule has 0 atom stereocenters. The molecule has 0 spiro atoms. The number of carbonyl (C=O) groups is 4. The van der Waals surface area contributed by atoms with E-state index in [-0.39, 0.29) is 68.0 Å². The summed E-state index contributed by atoms with van der Waals surface area (Å²) < 4.78 is 116. The van der Waals surface area contributed by atoms with Crippen LogP contribution < -0.4 is 81.4 Å². The Morgan fingerprint density at radius 1 is 0.315 bits per heavy atom. The third-order valence-corrected chi connectivity index (χ3v) is 25.1. The molecule has 0 saturated heterocycles. The van der Waals surface area contributed by atoms with E-state index >= 15 is 0 Å². The van der Waals surface area contributed by atoms with E-state index in [0.29, 0.717) is 135 Å². The number of carbonyl (C=O) groups excluding carboxylic acids is 4. The Kier molecular flexibility index (Phi) is 28.9. The van der Waals surface area contributed by atoms with Crippen molar-refractivity contribution < 1.29 is 74.6 Å². The number of nitrogens with one attached hydrogen (secondary N) is 4. The average molecular weight is 2010 g/mol. The second kappa shape index (κ2) is 42.7. The van der Waals surface area contributed by atoms with Crippen molar-refractivity contribution in [1.29, 1.82) is 0 Å². The Morgan fingerprint density at radius 2 is 0.651 bits per heavy atom. The number of aromatic nitrogens is 14. The quantitative estimate of drug-likeness (QED) is 0.0408. The molecule has 34 nitrogen and oxygen atoms in total. The van der Waals surface area contributed by atoms with Gasteiger partial charge in [-0.1, -0.05) is 6.07 Å². The van der Waals surface area contributed by atoms with Crippen molar-refractivity contribution in [2.24, 2.45) is 28.2 Å². The van der Waals surface area contributed by atoms with Crippen molar-refractivity contribution in [2.75, 3.05) is 49.7 Å². The zero-order valence-corrected chi connectivity index (χ0v) is 81.3. The van der Waals surface area contributed by atoms with E-state index in [0.717, 1.165) is 24.3 Å². The van der Waals surface area contributed by atoms with Crippen molar-refractivity contribution in [3.63, 3.8) is 0 Å². The van der Waals surface area contributed by atoms with Crippen molar-refractivity contribution in [1.82, 2.24) is 67.4 Å². The van der Waals surface area contributed by atoms with Gasteiger partial charge in [0.1, 0.15) is 73.3 Å². The van der Waals surface area contributed by atoms with Gasteiger partial charge >= 0.3 is 0 Å². The summed E-state index contributed by atoms with van der Waals surface area (Å²) in [4.78, 5) is 129. The van der Waals surface area contributed by atoms with Crippen LogP contribution >= 0.6 is 22.7 Å². The van der Waals surface area contributed by atoms with Crippen molar-refractivity contribution in [3.05, 3.63) is 388 Å². The molecule has 146 heavy (non-hydrogen) atoms. The third kappa shape index (κ3) is 20.4. The predicted octanol–water partition coefficient (Wildman–Crippen LogP) is 19.8. The Labute approximate surface area is 834 Å². The molecule has 0 saturated carbocycles. The summed E-state index contributed by atoms with van der Waals surface area (Å²) in [5.41, 5.74) is 4.29. The minimum absolute atomic E-state index is 0.00896. The largest absolute Gasteiger partial charge is 0.497 e. The van der Waals surface area contributed by atoms with E-state index in [1.54, 1.807) is 280 Å². The van der Waals surface area contributed by atoms with Gasteiger partial charge in [-0.25, -0.2) is 36.6 Å². The van der Waals surface area contributed by atoms with E-state index in [2.05, 4.69) is 51.2 Å². The number of rotatable bonds is 24. The molecule has 0 aliphatic heterocycles. The SMILES string of the molecule is COc1ccc2c(Oc3ccc(NC(=O)c4c(C)n(C)n(-c5ccccn5)c4=O)cc3F)ccnc2c1.COc1ccc2c(Oc3ccc(NC(=O)c4c(C)n(C)n(-c5cccnc5)c4=O)cc3F)ccnc2c1.COc1ccc2c(Oc3ccc(NC(=O)c4c(C)n(C)n(-c5cccs5)c4=O)cc3F)ccnc2c1.COc1ccc2c(Oc3ccc(NC(=O)c4c(C)n(C)n(-c5ccsc5)c4=O)cc3F)ccnc2c1. The second-order valence-corrected chi connectivity index (χ2v) is 34.0. The summed E-state index contributed by atoms with van der Waals surface area (Å²) in [6.45, 7) is 6.69. The highest BCUT2D eigenvalue weighted by Gasteiger charge is 2.30. The molecule has 12 heterocycles. The lowest BCUT2D eigenvalue weighted by Gasteiger charge is -2.11. The number of nitrogens with zero attached hydrogens (tertiary/aromatic N) is 14. The molecule has 0 unspecified atom stereocenters. The molecule has 0 aliphatic rings. The Bertz CT molecular complexity index is 8210. The molecule has 0 fully saturated rings. The molecule has 20 rings (SSSR count). The van der Waals surface area contributed by atoms with E-state index in [1.807, 2.05) is 22.2 Å². The fraction of sp³-hybridized carbons (Fsp3) is 0.113. The molecule has 40 heteroatoms. The van der Waals surface area contributed by atoms with Crippen LogP contribution in [-0.4, -0.2) is 119 Å². The van der Waals surface area contributed by atoms with E-state index in [4.69, 9.17) is 37.9 Å². The van der Waals surface area contributed by atoms with Gasteiger partial charge in [0, 0.05) is 164 Å². The van der Waals surface area contributed by atoms with Gasteiger partial charge in [-0.2, -0.15) is 16.0 Å². The summed E-state index contributed by atoms with van der Waals surface area (Å²) in [5.74, 6) is -0.738. The number of ether oxygens (including phenoxy) is 8. The lowest BCUT2D eigenvalue weighted by atomic mass is 10.2. The molecule has 0 aliphatic carbocycles. The molecule has 0 radical (unpaired) electrons. The Morgan fingerprint density at radius 3 is 0.952 bits per heavy atom. The van der Waals surface area contributed by atoms with Gasteiger partial charge in [-0.05, 0) is 202 Å². The average Bonchev–Trinajstić information content (AvgIpc) is 1.62. The number of thiophene rings is 2. The number of hydrogen-bond acceptors (Lipinski definition) is 24. The summed E-state index contributed by atoms with van der Waals surface area (Å²) in [7, 11) is 13.0. The lowest BCUT2D eigenvalue weighted by Crippen LogP contribution is -2.25. The number of amides is 4. The van der Waals surface area contributed by atoms with Gasteiger partial charge in [0.25, 0.3) is 45.9 Å². The molecular weight excluding hydrogens is 1920 g/mol. The zero-order valence-electron chi connectivity index (χ0n) is 79.7. The van der Waals surface area contributed by atoms with Crippen molar-refractivity contribution in [2.45, 2.75) is 27.7 Å². The lowest BCUT2D eigenvalue weighted by molar-refractivity contribution is 0.101. The summed E-state index contributed by atoms with van der Waals surface area (Å²) >= 11 is 2.83. The standard InChI is InChI=1S/2C27H22FN5O4.2C26H21FN4O4S/c1-16-25(27(35)33(32(16)2)18-5-4-11-29-15-18)26(34)31-17-6-9-24(21(28)13-17)37-23-10-12-30-22-14-19(36-3)7-8-20(22)23;1-16-25(27(35)33(32(16)2)24-6-4-5-12-30-24)26(34)31-17-7-10-23(20(28)14-17)37-22-11-13-29-21-15-18(36-3)8-9-19(21)22;1-15-24(26(33)31(30(15)2)17-9-11-36-14-17)25(32)29-16-4-7-23(20(27)12-16)35-22-8-10-28-21-13-18(34-3)5-6-19(21)22;1-15-24(26(33)31(30(15)2)23-5-4-12-36-23)25(32)29-16-6-9-22(19(27)13-16)35-21-10-11-28-20-14-17(34-3)7-8-18(20)21/h2*4-15H,1-3H3,(H,31,34);2*4-14H,1-3H3,(H,29,32). The highest BCUT2D eigenvalue weighted by molar-refractivity contribution is 7.12. The fourth-order valence-corrected chi connectivity index (χ4v) is 17.2. The number of benzene rings is 8. The topological polar surface area (TPSA) is 375 Å².